The highest BCUT2D eigenvalue weighted by Gasteiger charge is 2.22. The van der Waals surface area contributed by atoms with Crippen molar-refractivity contribution in [1.82, 2.24) is 10.0 Å². The van der Waals surface area contributed by atoms with Crippen molar-refractivity contribution in [2.75, 3.05) is 18.9 Å². The fraction of sp³-hybridized carbons (Fsp3) is 0.214. The van der Waals surface area contributed by atoms with E-state index < -0.39 is 10.0 Å². The molecular weight excluding hydrogens is 370 g/mol. The Balaban J connectivity index is 2.01. The van der Waals surface area contributed by atoms with Gasteiger partial charge in [-0.1, -0.05) is 6.07 Å². The van der Waals surface area contributed by atoms with Crippen molar-refractivity contribution in [2.24, 2.45) is 0 Å². The van der Waals surface area contributed by atoms with E-state index in [2.05, 4.69) is 9.71 Å². The van der Waals surface area contributed by atoms with Gasteiger partial charge in [0.1, 0.15) is 9.90 Å². The van der Waals surface area contributed by atoms with Gasteiger partial charge < -0.3 is 4.98 Å². The quantitative estimate of drug-likeness (QED) is 0.661. The number of carbonyl (C=O) groups excluding carboxylic acids is 1. The number of H-pyrrole nitrogens is 1. The van der Waals surface area contributed by atoms with Crippen molar-refractivity contribution in [3.63, 3.8) is 0 Å². The van der Waals surface area contributed by atoms with Crippen LogP contribution in [0.1, 0.15) is 15.4 Å². The maximum atomic E-state index is 12.4. The minimum Gasteiger partial charge on any atom is -0.348 e. The summed E-state index contributed by atoms with van der Waals surface area (Å²) in [6.45, 7) is 1.83. The van der Waals surface area contributed by atoms with E-state index in [1.54, 1.807) is 23.6 Å². The van der Waals surface area contributed by atoms with Crippen LogP contribution in [0.5, 0.6) is 0 Å². The van der Waals surface area contributed by atoms with E-state index in [9.17, 15) is 13.2 Å². The summed E-state index contributed by atoms with van der Waals surface area (Å²) in [5.74, 6) is -0.342. The first-order chi connectivity index (χ1) is 11.3. The molecule has 0 bridgehead atoms. The molecule has 0 aromatic carbocycles. The normalized spacial score (nSPS) is 11.8. The van der Waals surface area contributed by atoms with E-state index >= 15 is 0 Å². The van der Waals surface area contributed by atoms with E-state index in [1.165, 1.54) is 25.5 Å². The number of anilines is 1. The molecule has 3 rings (SSSR count). The summed E-state index contributed by atoms with van der Waals surface area (Å²) in [6.07, 6.45) is 0. The molecule has 7 nitrogen and oxygen atoms in total. The van der Waals surface area contributed by atoms with E-state index in [-0.39, 0.29) is 10.1 Å². The standard InChI is InChI=1S/C14H15N3O4S3/c1-8-12(16-24(19,20)11-5-4-6-22-11)13-10(23-8)7-9(15-13)14(18)17(2)21-3/h4-7,15-16H,1-3H3. The summed E-state index contributed by atoms with van der Waals surface area (Å²) in [6, 6.07) is 4.91. The van der Waals surface area contributed by atoms with Crippen LogP contribution in [0.15, 0.2) is 27.8 Å². The Bertz CT molecular complexity index is 986. The molecule has 0 saturated carbocycles. The Hall–Kier alpha value is -1.88. The van der Waals surface area contributed by atoms with Crippen LogP contribution < -0.4 is 4.72 Å². The van der Waals surface area contributed by atoms with Crippen LogP contribution in [-0.2, 0) is 14.9 Å². The molecule has 3 aromatic heterocycles. The lowest BCUT2D eigenvalue weighted by Crippen LogP contribution is -2.25. The van der Waals surface area contributed by atoms with Gasteiger partial charge in [0.2, 0.25) is 0 Å². The second kappa shape index (κ2) is 6.20. The Morgan fingerprint density at radius 3 is 2.79 bits per heavy atom. The summed E-state index contributed by atoms with van der Waals surface area (Å²) < 4.78 is 28.5. The molecule has 0 atom stereocenters. The lowest BCUT2D eigenvalue weighted by Gasteiger charge is -2.12. The predicted octanol–water partition coefficient (Wildman–Crippen LogP) is 3.03. The number of rotatable bonds is 5. The molecule has 0 fully saturated rings. The van der Waals surface area contributed by atoms with Gasteiger partial charge in [-0.05, 0) is 24.4 Å². The number of sulfonamides is 1. The van der Waals surface area contributed by atoms with Crippen LogP contribution in [-0.4, -0.2) is 38.5 Å². The molecule has 3 heterocycles. The third-order valence-electron chi connectivity index (χ3n) is 3.43. The zero-order valence-corrected chi connectivity index (χ0v) is 15.6. The lowest BCUT2D eigenvalue weighted by atomic mass is 10.4. The van der Waals surface area contributed by atoms with Gasteiger partial charge in [0.05, 0.1) is 23.0 Å². The summed E-state index contributed by atoms with van der Waals surface area (Å²) in [5.41, 5.74) is 1.38. The van der Waals surface area contributed by atoms with E-state index in [0.717, 1.165) is 26.0 Å². The highest BCUT2D eigenvalue weighted by atomic mass is 32.2. The summed E-state index contributed by atoms with van der Waals surface area (Å²) in [5, 5.41) is 2.80. The molecule has 128 valence electrons. The summed E-state index contributed by atoms with van der Waals surface area (Å²) in [4.78, 5) is 20.8. The molecule has 10 heteroatoms. The molecule has 2 N–H and O–H groups in total. The van der Waals surface area contributed by atoms with Crippen LogP contribution in [0.2, 0.25) is 0 Å². The first-order valence-corrected chi connectivity index (χ1v) is 10.0. The van der Waals surface area contributed by atoms with Gasteiger partial charge >= 0.3 is 0 Å². The zero-order valence-electron chi connectivity index (χ0n) is 13.1. The third kappa shape index (κ3) is 2.93. The molecule has 24 heavy (non-hydrogen) atoms. The van der Waals surface area contributed by atoms with Gasteiger partial charge in [-0.15, -0.1) is 22.7 Å². The Kier molecular flexibility index (Phi) is 4.38. The molecular formula is C14H15N3O4S3. The van der Waals surface area contributed by atoms with Crippen LogP contribution in [0.3, 0.4) is 0 Å². The molecule has 3 aromatic rings. The van der Waals surface area contributed by atoms with Crippen molar-refractivity contribution in [3.8, 4) is 0 Å². The number of amides is 1. The van der Waals surface area contributed by atoms with Crippen molar-refractivity contribution in [1.29, 1.82) is 0 Å². The molecule has 0 unspecified atom stereocenters. The smallest absolute Gasteiger partial charge is 0.293 e. The second-order valence-electron chi connectivity index (χ2n) is 4.98. The lowest BCUT2D eigenvalue weighted by molar-refractivity contribution is -0.0759. The van der Waals surface area contributed by atoms with Gasteiger partial charge in [-0.2, -0.15) is 0 Å². The number of nitrogens with one attached hydrogen (secondary N) is 2. The average Bonchev–Trinajstić information content (AvgIpc) is 3.25. The molecule has 0 radical (unpaired) electrons. The molecule has 1 amide bonds. The third-order valence-corrected chi connectivity index (χ3v) is 7.23. The minimum atomic E-state index is -3.65. The maximum Gasteiger partial charge on any atom is 0.293 e. The average molecular weight is 385 g/mol. The van der Waals surface area contributed by atoms with Crippen molar-refractivity contribution in [3.05, 3.63) is 34.2 Å². The van der Waals surface area contributed by atoms with Crippen LogP contribution >= 0.6 is 22.7 Å². The number of hydrogen-bond donors (Lipinski definition) is 2. The molecule has 0 aliphatic heterocycles. The highest BCUT2D eigenvalue weighted by Crippen LogP contribution is 2.37. The van der Waals surface area contributed by atoms with Crippen molar-refractivity contribution < 1.29 is 18.0 Å². The second-order valence-corrected chi connectivity index (χ2v) is 9.09. The number of carbonyl (C=O) groups is 1. The number of hydroxylamine groups is 2. The summed E-state index contributed by atoms with van der Waals surface area (Å²) >= 11 is 2.55. The largest absolute Gasteiger partial charge is 0.348 e. The number of aromatic amines is 1. The van der Waals surface area contributed by atoms with Gasteiger partial charge in [0.15, 0.2) is 0 Å². The summed E-state index contributed by atoms with van der Waals surface area (Å²) in [7, 11) is -0.751. The van der Waals surface area contributed by atoms with Gasteiger partial charge in [-0.3, -0.25) is 14.4 Å². The maximum absolute atomic E-state index is 12.4. The number of nitrogens with zero attached hydrogens (tertiary/aromatic N) is 1. The van der Waals surface area contributed by atoms with Crippen LogP contribution in [0.25, 0.3) is 10.2 Å². The fourth-order valence-electron chi connectivity index (χ4n) is 2.19. The molecule has 0 aliphatic carbocycles. The number of aromatic nitrogens is 1. The van der Waals surface area contributed by atoms with E-state index in [0.29, 0.717) is 16.9 Å². The van der Waals surface area contributed by atoms with Gasteiger partial charge in [-0.25, -0.2) is 13.5 Å². The number of aryl methyl sites for hydroxylation is 1. The number of thiophene rings is 2. The van der Waals surface area contributed by atoms with Crippen LogP contribution in [0.4, 0.5) is 5.69 Å². The minimum absolute atomic E-state index is 0.239. The fourth-order valence-corrected chi connectivity index (χ4v) is 5.40. The first-order valence-electron chi connectivity index (χ1n) is 6.84. The Labute approximate surface area is 146 Å². The first kappa shape index (κ1) is 17.0. The predicted molar refractivity (Wildman–Crippen MR) is 95.1 cm³/mol. The zero-order chi connectivity index (χ0) is 17.5. The number of hydrogen-bond acceptors (Lipinski definition) is 6. The highest BCUT2D eigenvalue weighted by molar-refractivity contribution is 7.94. The Morgan fingerprint density at radius 1 is 1.42 bits per heavy atom. The topological polar surface area (TPSA) is 91.5 Å². The van der Waals surface area contributed by atoms with E-state index in [1.807, 2.05) is 6.92 Å². The van der Waals surface area contributed by atoms with Crippen LogP contribution in [0, 0.1) is 6.92 Å². The SMILES string of the molecule is CON(C)C(=O)c1cc2sc(C)c(NS(=O)(=O)c3cccs3)c2[nH]1. The molecule has 0 spiro atoms. The molecule has 0 aliphatic rings. The Morgan fingerprint density at radius 2 is 2.17 bits per heavy atom. The molecule has 0 saturated heterocycles. The van der Waals surface area contributed by atoms with Gasteiger partial charge in [0, 0.05) is 11.9 Å². The van der Waals surface area contributed by atoms with E-state index in [4.69, 9.17) is 4.84 Å². The monoisotopic (exact) mass is 385 g/mol. The van der Waals surface area contributed by atoms with Crippen molar-refractivity contribution in [2.45, 2.75) is 11.1 Å². The van der Waals surface area contributed by atoms with Gasteiger partial charge in [0.25, 0.3) is 15.9 Å². The number of fused-ring (bicyclic) bond motifs is 1. The van der Waals surface area contributed by atoms with Crippen molar-refractivity contribution >= 4 is 54.5 Å².